The molecule has 0 spiro atoms. The molecule has 4 heteroatoms. The molecule has 132 valence electrons. The van der Waals surface area contributed by atoms with Gasteiger partial charge in [-0.25, -0.2) is 4.99 Å². The van der Waals surface area contributed by atoms with Gasteiger partial charge in [0.2, 0.25) is 0 Å². The van der Waals surface area contributed by atoms with Crippen LogP contribution in [0.3, 0.4) is 0 Å². The maximum Gasteiger partial charge on any atom is 0.191 e. The predicted molar refractivity (Wildman–Crippen MR) is 103 cm³/mol. The highest BCUT2D eigenvalue weighted by molar-refractivity contribution is 5.80. The van der Waals surface area contributed by atoms with E-state index in [2.05, 4.69) is 60.6 Å². The van der Waals surface area contributed by atoms with Crippen molar-refractivity contribution in [3.05, 3.63) is 29.8 Å². The minimum Gasteiger partial charge on any atom is -0.372 e. The van der Waals surface area contributed by atoms with Crippen LogP contribution in [0, 0.1) is 11.8 Å². The smallest absolute Gasteiger partial charge is 0.191 e. The van der Waals surface area contributed by atoms with Gasteiger partial charge in [-0.15, -0.1) is 0 Å². The van der Waals surface area contributed by atoms with Gasteiger partial charge in [-0.2, -0.15) is 0 Å². The Kier molecular flexibility index (Phi) is 5.64. The summed E-state index contributed by atoms with van der Waals surface area (Å²) in [6, 6.07) is 9.56. The Morgan fingerprint density at radius 2 is 1.83 bits per heavy atom. The Morgan fingerprint density at radius 3 is 2.42 bits per heavy atom. The molecule has 1 saturated heterocycles. The third-order valence-electron chi connectivity index (χ3n) is 5.28. The number of nitrogens with zero attached hydrogens (tertiary/aromatic N) is 2. The van der Waals surface area contributed by atoms with Crippen molar-refractivity contribution in [2.45, 2.75) is 52.6 Å². The minimum atomic E-state index is 0.603. The van der Waals surface area contributed by atoms with Crippen LogP contribution in [0.2, 0.25) is 0 Å². The second-order valence-electron chi connectivity index (χ2n) is 7.49. The number of aliphatic imine (C=N–C) groups is 1. The van der Waals surface area contributed by atoms with Crippen LogP contribution >= 0.6 is 0 Å². The van der Waals surface area contributed by atoms with Crippen LogP contribution in [0.4, 0.5) is 5.69 Å². The zero-order valence-electron chi connectivity index (χ0n) is 15.4. The summed E-state index contributed by atoms with van der Waals surface area (Å²) < 4.78 is 0. The van der Waals surface area contributed by atoms with Crippen molar-refractivity contribution in [1.82, 2.24) is 10.6 Å². The maximum atomic E-state index is 4.73. The van der Waals surface area contributed by atoms with E-state index in [1.165, 1.54) is 43.6 Å². The maximum absolute atomic E-state index is 4.73. The first-order valence-electron chi connectivity index (χ1n) is 9.54. The summed E-state index contributed by atoms with van der Waals surface area (Å²) in [5, 5.41) is 6.85. The molecule has 24 heavy (non-hydrogen) atoms. The molecule has 4 nitrogen and oxygen atoms in total. The van der Waals surface area contributed by atoms with Gasteiger partial charge in [0.05, 0.1) is 6.54 Å². The first kappa shape index (κ1) is 17.1. The lowest BCUT2D eigenvalue weighted by Gasteiger charge is -2.32. The second kappa shape index (κ2) is 7.91. The number of guanidine groups is 1. The van der Waals surface area contributed by atoms with E-state index in [0.717, 1.165) is 30.9 Å². The van der Waals surface area contributed by atoms with Crippen LogP contribution in [0.15, 0.2) is 29.3 Å². The normalized spacial score (nSPS) is 24.8. The molecule has 2 atom stereocenters. The first-order chi connectivity index (χ1) is 11.7. The van der Waals surface area contributed by atoms with Gasteiger partial charge in [0.25, 0.3) is 0 Å². The van der Waals surface area contributed by atoms with Crippen LogP contribution in [0.1, 0.15) is 45.6 Å². The Morgan fingerprint density at radius 1 is 1.17 bits per heavy atom. The van der Waals surface area contributed by atoms with Crippen LogP contribution in [-0.2, 0) is 6.54 Å². The fourth-order valence-electron chi connectivity index (χ4n) is 3.27. The molecule has 1 saturated carbocycles. The van der Waals surface area contributed by atoms with Crippen molar-refractivity contribution in [2.24, 2.45) is 16.8 Å². The summed E-state index contributed by atoms with van der Waals surface area (Å²) in [5.74, 6) is 2.60. The third-order valence-corrected chi connectivity index (χ3v) is 5.28. The van der Waals surface area contributed by atoms with Crippen molar-refractivity contribution in [2.75, 3.05) is 24.5 Å². The molecule has 3 rings (SSSR count). The van der Waals surface area contributed by atoms with Gasteiger partial charge in [-0.1, -0.05) is 26.0 Å². The average molecular weight is 329 g/mol. The predicted octanol–water partition coefficient (Wildman–Crippen LogP) is 3.39. The number of nitrogens with one attached hydrogen (secondary N) is 2. The standard InChI is InChI=1S/C20H32N4/c1-4-21-20(23-19-13-16(19)3)22-14-17-5-7-18(8-6-17)24-11-9-15(2)10-12-24/h5-8,15-16,19H,4,9-14H2,1-3H3,(H2,21,22,23). The molecule has 2 unspecified atom stereocenters. The molecule has 2 fully saturated rings. The molecule has 1 aromatic carbocycles. The van der Waals surface area contributed by atoms with E-state index >= 15 is 0 Å². The molecule has 2 N–H and O–H groups in total. The fourth-order valence-corrected chi connectivity index (χ4v) is 3.27. The van der Waals surface area contributed by atoms with Crippen molar-refractivity contribution in [3.8, 4) is 0 Å². The van der Waals surface area contributed by atoms with Crippen LogP contribution in [-0.4, -0.2) is 31.6 Å². The summed E-state index contributed by atoms with van der Waals surface area (Å²) in [6.45, 7) is 10.8. The molecule has 1 aromatic rings. The lowest BCUT2D eigenvalue weighted by molar-refractivity contribution is 0.438. The summed E-state index contributed by atoms with van der Waals surface area (Å²) in [4.78, 5) is 7.24. The monoisotopic (exact) mass is 328 g/mol. The quantitative estimate of drug-likeness (QED) is 0.643. The summed E-state index contributed by atoms with van der Waals surface area (Å²) >= 11 is 0. The van der Waals surface area contributed by atoms with Gasteiger partial charge in [0.15, 0.2) is 5.96 Å². The van der Waals surface area contributed by atoms with E-state index in [9.17, 15) is 0 Å². The Balaban J connectivity index is 1.55. The van der Waals surface area contributed by atoms with Crippen molar-refractivity contribution < 1.29 is 0 Å². The van der Waals surface area contributed by atoms with Gasteiger partial charge in [-0.05, 0) is 55.7 Å². The second-order valence-corrected chi connectivity index (χ2v) is 7.49. The van der Waals surface area contributed by atoms with Crippen LogP contribution in [0.25, 0.3) is 0 Å². The Hall–Kier alpha value is -1.71. The highest BCUT2D eigenvalue weighted by Crippen LogP contribution is 2.28. The molecule has 2 aliphatic rings. The van der Waals surface area contributed by atoms with E-state index in [1.54, 1.807) is 0 Å². The van der Waals surface area contributed by atoms with Crippen LogP contribution < -0.4 is 15.5 Å². The lowest BCUT2D eigenvalue weighted by Crippen LogP contribution is -2.39. The Labute approximate surface area is 146 Å². The fraction of sp³-hybridized carbons (Fsp3) is 0.650. The molecule has 0 aromatic heterocycles. The molecule has 0 radical (unpaired) electrons. The van der Waals surface area contributed by atoms with E-state index in [0.29, 0.717) is 6.04 Å². The average Bonchev–Trinajstić information content (AvgIpc) is 3.29. The molecule has 1 heterocycles. The van der Waals surface area contributed by atoms with Gasteiger partial charge in [0, 0.05) is 31.4 Å². The molecule has 0 bridgehead atoms. The summed E-state index contributed by atoms with van der Waals surface area (Å²) in [7, 11) is 0. The number of hydrogen-bond acceptors (Lipinski definition) is 2. The van der Waals surface area contributed by atoms with E-state index in [-0.39, 0.29) is 0 Å². The number of anilines is 1. The zero-order chi connectivity index (χ0) is 16.9. The first-order valence-corrected chi connectivity index (χ1v) is 9.54. The summed E-state index contributed by atoms with van der Waals surface area (Å²) in [5.41, 5.74) is 2.62. The number of benzene rings is 1. The number of rotatable bonds is 5. The van der Waals surface area contributed by atoms with Crippen molar-refractivity contribution in [3.63, 3.8) is 0 Å². The third kappa shape index (κ3) is 4.65. The Bertz CT molecular complexity index is 543. The number of hydrogen-bond donors (Lipinski definition) is 2. The van der Waals surface area contributed by atoms with Crippen LogP contribution in [0.5, 0.6) is 0 Å². The molecule has 0 amide bonds. The van der Waals surface area contributed by atoms with Gasteiger partial charge >= 0.3 is 0 Å². The molecular weight excluding hydrogens is 296 g/mol. The topological polar surface area (TPSA) is 39.7 Å². The zero-order valence-corrected chi connectivity index (χ0v) is 15.4. The highest BCUT2D eigenvalue weighted by atomic mass is 15.2. The molecule has 1 aliphatic carbocycles. The highest BCUT2D eigenvalue weighted by Gasteiger charge is 2.33. The van der Waals surface area contributed by atoms with Crippen molar-refractivity contribution in [1.29, 1.82) is 0 Å². The largest absolute Gasteiger partial charge is 0.372 e. The van der Waals surface area contributed by atoms with Gasteiger partial charge < -0.3 is 15.5 Å². The number of piperidine rings is 1. The van der Waals surface area contributed by atoms with Crippen molar-refractivity contribution >= 4 is 11.6 Å². The lowest BCUT2D eigenvalue weighted by atomic mass is 9.99. The molecule has 1 aliphatic heterocycles. The SMILES string of the molecule is CCNC(=NCc1ccc(N2CCC(C)CC2)cc1)NC1CC1C. The van der Waals surface area contributed by atoms with E-state index < -0.39 is 0 Å². The summed E-state index contributed by atoms with van der Waals surface area (Å²) in [6.07, 6.45) is 3.88. The minimum absolute atomic E-state index is 0.603. The van der Waals surface area contributed by atoms with Gasteiger partial charge in [0.1, 0.15) is 0 Å². The van der Waals surface area contributed by atoms with E-state index in [1.807, 2.05) is 0 Å². The van der Waals surface area contributed by atoms with E-state index in [4.69, 9.17) is 4.99 Å². The molecular formula is C20H32N4. The van der Waals surface area contributed by atoms with Gasteiger partial charge in [-0.3, -0.25) is 0 Å².